The van der Waals surface area contributed by atoms with Gasteiger partial charge in [0, 0.05) is 24.4 Å². The molecule has 0 fully saturated rings. The quantitative estimate of drug-likeness (QED) is 0.455. The first-order valence-electron chi connectivity index (χ1n) is 10.3. The second-order valence-electron chi connectivity index (χ2n) is 7.66. The summed E-state index contributed by atoms with van der Waals surface area (Å²) in [5, 5.41) is 8.26. The number of aryl methyl sites for hydroxylation is 2. The van der Waals surface area contributed by atoms with Gasteiger partial charge in [-0.15, -0.1) is 0 Å². The fourth-order valence-electron chi connectivity index (χ4n) is 3.59. The Kier molecular flexibility index (Phi) is 5.73. The van der Waals surface area contributed by atoms with E-state index in [4.69, 9.17) is 4.74 Å². The van der Waals surface area contributed by atoms with E-state index in [0.29, 0.717) is 22.8 Å². The molecule has 0 saturated heterocycles. The molecule has 7 heteroatoms. The van der Waals surface area contributed by atoms with E-state index < -0.39 is 6.10 Å². The average molecular weight is 428 g/mol. The van der Waals surface area contributed by atoms with Gasteiger partial charge >= 0.3 is 0 Å². The number of aromatic nitrogens is 3. The predicted octanol–water partition coefficient (Wildman–Crippen LogP) is 4.55. The van der Waals surface area contributed by atoms with E-state index in [1.165, 1.54) is 6.92 Å². The first-order valence-corrected chi connectivity index (χ1v) is 10.3. The van der Waals surface area contributed by atoms with Gasteiger partial charge in [-0.3, -0.25) is 14.3 Å². The molecule has 0 radical (unpaired) electrons. The number of ketones is 1. The molecular weight excluding hydrogens is 404 g/mol. The maximum absolute atomic E-state index is 12.7. The average Bonchev–Trinajstić information content (AvgIpc) is 3.07. The maximum atomic E-state index is 12.7. The Labute approximate surface area is 186 Å². The number of carbonyl (C=O) groups is 2. The van der Waals surface area contributed by atoms with Gasteiger partial charge in [-0.1, -0.05) is 30.3 Å². The van der Waals surface area contributed by atoms with Crippen molar-refractivity contribution in [1.82, 2.24) is 14.8 Å². The van der Waals surface area contributed by atoms with Crippen molar-refractivity contribution in [2.45, 2.75) is 26.9 Å². The minimum absolute atomic E-state index is 0.0272. The van der Waals surface area contributed by atoms with Gasteiger partial charge in [0.2, 0.25) is 5.88 Å². The number of rotatable bonds is 6. The van der Waals surface area contributed by atoms with E-state index in [-0.39, 0.29) is 11.7 Å². The number of fused-ring (bicyclic) bond motifs is 1. The van der Waals surface area contributed by atoms with Crippen LogP contribution in [0.2, 0.25) is 0 Å². The Morgan fingerprint density at radius 2 is 1.75 bits per heavy atom. The smallest absolute Gasteiger partial charge is 0.265 e. The van der Waals surface area contributed by atoms with E-state index >= 15 is 0 Å². The minimum atomic E-state index is -0.787. The highest BCUT2D eigenvalue weighted by atomic mass is 16.5. The van der Waals surface area contributed by atoms with Crippen molar-refractivity contribution in [3.63, 3.8) is 0 Å². The fourth-order valence-corrected chi connectivity index (χ4v) is 3.59. The number of hydrogen-bond donors (Lipinski definition) is 1. The molecule has 2 aromatic heterocycles. The highest BCUT2D eigenvalue weighted by Crippen LogP contribution is 2.33. The number of Topliss-reactive ketones (excluding diaryl/α,β-unsaturated/α-hetero) is 1. The van der Waals surface area contributed by atoms with Gasteiger partial charge in [0.25, 0.3) is 5.91 Å². The molecule has 162 valence electrons. The Morgan fingerprint density at radius 3 is 2.41 bits per heavy atom. The van der Waals surface area contributed by atoms with E-state index in [0.717, 1.165) is 22.2 Å². The van der Waals surface area contributed by atoms with Crippen molar-refractivity contribution in [2.24, 2.45) is 7.05 Å². The zero-order valence-corrected chi connectivity index (χ0v) is 18.4. The number of amides is 1. The summed E-state index contributed by atoms with van der Waals surface area (Å²) < 4.78 is 7.64. The number of carbonyl (C=O) groups excluding carboxylic acids is 2. The third kappa shape index (κ3) is 4.23. The number of nitrogens with one attached hydrogen (secondary N) is 1. The van der Waals surface area contributed by atoms with Crippen molar-refractivity contribution in [1.29, 1.82) is 0 Å². The van der Waals surface area contributed by atoms with Crippen molar-refractivity contribution < 1.29 is 14.3 Å². The standard InChI is InChI=1S/C25H24N4O3/c1-15-23-21(19-8-6-5-7-9-19)14-22(27-24(23)29(4)28-15)32-17(3)25(31)26-20-12-10-18(11-13-20)16(2)30/h5-14,17H,1-4H3,(H,26,31). The summed E-state index contributed by atoms with van der Waals surface area (Å²) in [6.07, 6.45) is -0.787. The second kappa shape index (κ2) is 8.63. The highest BCUT2D eigenvalue weighted by molar-refractivity contribution is 5.97. The van der Waals surface area contributed by atoms with Gasteiger partial charge in [-0.2, -0.15) is 10.1 Å². The van der Waals surface area contributed by atoms with Gasteiger partial charge in [-0.25, -0.2) is 0 Å². The van der Waals surface area contributed by atoms with Crippen LogP contribution in [0.15, 0.2) is 60.7 Å². The lowest BCUT2D eigenvalue weighted by Gasteiger charge is -2.15. The highest BCUT2D eigenvalue weighted by Gasteiger charge is 2.20. The van der Waals surface area contributed by atoms with Crippen LogP contribution < -0.4 is 10.1 Å². The minimum Gasteiger partial charge on any atom is -0.464 e. The molecule has 1 unspecified atom stereocenters. The molecule has 0 saturated carbocycles. The molecule has 0 bridgehead atoms. The number of ether oxygens (including phenoxy) is 1. The van der Waals surface area contributed by atoms with Crippen LogP contribution in [0.25, 0.3) is 22.2 Å². The van der Waals surface area contributed by atoms with Gasteiger partial charge in [0.1, 0.15) is 0 Å². The van der Waals surface area contributed by atoms with E-state index in [1.807, 2.05) is 50.4 Å². The molecule has 0 aliphatic carbocycles. The maximum Gasteiger partial charge on any atom is 0.265 e. The Balaban J connectivity index is 1.60. The molecule has 2 heterocycles. The predicted molar refractivity (Wildman–Crippen MR) is 124 cm³/mol. The van der Waals surface area contributed by atoms with E-state index in [1.54, 1.807) is 35.9 Å². The van der Waals surface area contributed by atoms with Crippen LogP contribution in [-0.2, 0) is 11.8 Å². The van der Waals surface area contributed by atoms with Gasteiger partial charge in [0.15, 0.2) is 17.5 Å². The zero-order chi connectivity index (χ0) is 22.8. The number of hydrogen-bond acceptors (Lipinski definition) is 5. The molecular formula is C25H24N4O3. The van der Waals surface area contributed by atoms with Crippen molar-refractivity contribution in [3.05, 3.63) is 71.9 Å². The number of pyridine rings is 1. The molecule has 32 heavy (non-hydrogen) atoms. The molecule has 0 spiro atoms. The molecule has 4 rings (SSSR count). The third-order valence-corrected chi connectivity index (χ3v) is 5.26. The van der Waals surface area contributed by atoms with E-state index in [2.05, 4.69) is 15.4 Å². The number of nitrogens with zero attached hydrogens (tertiary/aromatic N) is 3. The molecule has 1 N–H and O–H groups in total. The first kappa shape index (κ1) is 21.2. The second-order valence-corrected chi connectivity index (χ2v) is 7.66. The summed E-state index contributed by atoms with van der Waals surface area (Å²) in [4.78, 5) is 28.7. The molecule has 2 aromatic carbocycles. The van der Waals surface area contributed by atoms with Crippen LogP contribution in [0, 0.1) is 6.92 Å². The summed E-state index contributed by atoms with van der Waals surface area (Å²) >= 11 is 0. The number of benzene rings is 2. The Bertz CT molecular complexity index is 1290. The van der Waals surface area contributed by atoms with Crippen molar-refractivity contribution >= 4 is 28.4 Å². The van der Waals surface area contributed by atoms with Crippen LogP contribution in [-0.4, -0.2) is 32.6 Å². The third-order valence-electron chi connectivity index (χ3n) is 5.26. The van der Waals surface area contributed by atoms with E-state index in [9.17, 15) is 9.59 Å². The topological polar surface area (TPSA) is 86.1 Å². The molecule has 0 aliphatic rings. The van der Waals surface area contributed by atoms with Crippen molar-refractivity contribution in [2.75, 3.05) is 5.32 Å². The largest absolute Gasteiger partial charge is 0.464 e. The first-order chi connectivity index (χ1) is 15.3. The van der Waals surface area contributed by atoms with Gasteiger partial charge < -0.3 is 10.1 Å². The summed E-state index contributed by atoms with van der Waals surface area (Å²) in [7, 11) is 1.84. The molecule has 4 aromatic rings. The zero-order valence-electron chi connectivity index (χ0n) is 18.4. The SMILES string of the molecule is CC(=O)c1ccc(NC(=O)C(C)Oc2cc(-c3ccccc3)c3c(C)nn(C)c3n2)cc1. The summed E-state index contributed by atoms with van der Waals surface area (Å²) in [6.45, 7) is 5.12. The Hall–Kier alpha value is -4.00. The molecule has 7 nitrogen and oxygen atoms in total. The summed E-state index contributed by atoms with van der Waals surface area (Å²) in [6, 6.07) is 18.5. The monoisotopic (exact) mass is 428 g/mol. The van der Waals surface area contributed by atoms with Crippen LogP contribution in [0.3, 0.4) is 0 Å². The molecule has 0 aliphatic heterocycles. The lowest BCUT2D eigenvalue weighted by Crippen LogP contribution is -2.30. The molecule has 1 amide bonds. The van der Waals surface area contributed by atoms with Crippen LogP contribution in [0.1, 0.15) is 29.9 Å². The van der Waals surface area contributed by atoms with Crippen LogP contribution in [0.5, 0.6) is 5.88 Å². The summed E-state index contributed by atoms with van der Waals surface area (Å²) in [5.74, 6) is -0.000447. The summed E-state index contributed by atoms with van der Waals surface area (Å²) in [5.41, 5.74) is 4.70. The van der Waals surface area contributed by atoms with Crippen LogP contribution in [0.4, 0.5) is 5.69 Å². The lowest BCUT2D eigenvalue weighted by molar-refractivity contribution is -0.122. The van der Waals surface area contributed by atoms with Crippen LogP contribution >= 0.6 is 0 Å². The normalized spacial score (nSPS) is 11.9. The molecule has 1 atom stereocenters. The van der Waals surface area contributed by atoms with Gasteiger partial charge in [-0.05, 0) is 56.2 Å². The van der Waals surface area contributed by atoms with Crippen molar-refractivity contribution in [3.8, 4) is 17.0 Å². The lowest BCUT2D eigenvalue weighted by atomic mass is 10.0. The number of anilines is 1. The van der Waals surface area contributed by atoms with Gasteiger partial charge in [0.05, 0.1) is 11.1 Å². The Morgan fingerprint density at radius 1 is 1.06 bits per heavy atom. The fraction of sp³-hybridized carbons (Fsp3) is 0.200.